The lowest BCUT2D eigenvalue weighted by Crippen LogP contribution is -2.29. The second-order valence-electron chi connectivity index (χ2n) is 3.04. The molecule has 0 heterocycles. The number of hydrogen-bond acceptors (Lipinski definition) is 4. The summed E-state index contributed by atoms with van der Waals surface area (Å²) in [6.07, 6.45) is 0. The minimum atomic E-state index is -3.82. The van der Waals surface area contributed by atoms with Crippen molar-refractivity contribution in [2.45, 2.75) is 4.90 Å². The Balaban J connectivity index is 2.81. The van der Waals surface area contributed by atoms with Crippen LogP contribution in [0.15, 0.2) is 29.2 Å². The summed E-state index contributed by atoms with van der Waals surface area (Å²) < 4.78 is 21.8. The lowest BCUT2D eigenvalue weighted by atomic mass is 10.2. The van der Waals surface area contributed by atoms with Crippen LogP contribution in [0.4, 0.5) is 0 Å². The van der Waals surface area contributed by atoms with Gasteiger partial charge in [-0.25, -0.2) is 8.42 Å². The fourth-order valence-electron chi connectivity index (χ4n) is 1.03. The molecule has 6 nitrogen and oxygen atoms in total. The first-order valence-electron chi connectivity index (χ1n) is 4.35. The molecular formula is C9H8ClNO5S. The van der Waals surface area contributed by atoms with Crippen molar-refractivity contribution in [2.75, 3.05) is 6.54 Å². The third-order valence-electron chi connectivity index (χ3n) is 1.80. The van der Waals surface area contributed by atoms with Gasteiger partial charge in [-0.1, -0.05) is 0 Å². The maximum absolute atomic E-state index is 11.4. The number of carboxylic acid groups (broad SMARTS) is 1. The van der Waals surface area contributed by atoms with Gasteiger partial charge in [-0.05, 0) is 24.3 Å². The number of halogens is 1. The summed E-state index contributed by atoms with van der Waals surface area (Å²) in [6.45, 7) is -0.506. The summed E-state index contributed by atoms with van der Waals surface area (Å²) in [5.74, 6) is -1.77. The van der Waals surface area contributed by atoms with Crippen LogP contribution < -0.4 is 5.32 Å². The second kappa shape index (κ2) is 5.15. The molecule has 1 aromatic rings. The van der Waals surface area contributed by atoms with Crippen molar-refractivity contribution < 1.29 is 23.1 Å². The minimum Gasteiger partial charge on any atom is -0.480 e. The highest BCUT2D eigenvalue weighted by molar-refractivity contribution is 8.13. The van der Waals surface area contributed by atoms with Crippen molar-refractivity contribution in [2.24, 2.45) is 0 Å². The third-order valence-corrected chi connectivity index (χ3v) is 3.17. The van der Waals surface area contributed by atoms with E-state index in [2.05, 4.69) is 5.32 Å². The van der Waals surface area contributed by atoms with E-state index in [0.717, 1.165) is 12.1 Å². The molecule has 0 aliphatic heterocycles. The van der Waals surface area contributed by atoms with E-state index in [-0.39, 0.29) is 10.5 Å². The van der Waals surface area contributed by atoms with Gasteiger partial charge >= 0.3 is 5.97 Å². The highest BCUT2D eigenvalue weighted by atomic mass is 35.7. The molecular weight excluding hydrogens is 270 g/mol. The monoisotopic (exact) mass is 277 g/mol. The second-order valence-corrected chi connectivity index (χ2v) is 5.60. The van der Waals surface area contributed by atoms with E-state index in [1.165, 1.54) is 12.1 Å². The molecule has 0 fully saturated rings. The van der Waals surface area contributed by atoms with Crippen molar-refractivity contribution in [1.29, 1.82) is 0 Å². The lowest BCUT2D eigenvalue weighted by Gasteiger charge is -2.02. The molecule has 17 heavy (non-hydrogen) atoms. The summed E-state index contributed by atoms with van der Waals surface area (Å²) in [6, 6.07) is 4.81. The van der Waals surface area contributed by atoms with Gasteiger partial charge in [0.15, 0.2) is 0 Å². The molecule has 1 aromatic carbocycles. The first-order chi connectivity index (χ1) is 7.80. The molecule has 0 aliphatic carbocycles. The summed E-state index contributed by atoms with van der Waals surface area (Å²) in [5.41, 5.74) is 0.148. The Morgan fingerprint density at radius 2 is 1.76 bits per heavy atom. The highest BCUT2D eigenvalue weighted by Crippen LogP contribution is 2.15. The first kappa shape index (κ1) is 13.5. The number of carbonyl (C=O) groups is 2. The van der Waals surface area contributed by atoms with Gasteiger partial charge in [0, 0.05) is 16.2 Å². The van der Waals surface area contributed by atoms with Gasteiger partial charge in [-0.15, -0.1) is 0 Å². The topological polar surface area (TPSA) is 101 Å². The molecule has 1 rings (SSSR count). The van der Waals surface area contributed by atoms with Crippen molar-refractivity contribution in [3.8, 4) is 0 Å². The summed E-state index contributed by atoms with van der Waals surface area (Å²) in [7, 11) is 1.26. The fourth-order valence-corrected chi connectivity index (χ4v) is 1.80. The molecule has 92 valence electrons. The van der Waals surface area contributed by atoms with Crippen LogP contribution >= 0.6 is 10.7 Å². The van der Waals surface area contributed by atoms with Crippen molar-refractivity contribution >= 4 is 31.6 Å². The Kier molecular flexibility index (Phi) is 4.08. The zero-order valence-corrected chi connectivity index (χ0v) is 9.96. The van der Waals surface area contributed by atoms with Gasteiger partial charge in [-0.3, -0.25) is 9.59 Å². The molecule has 0 unspecified atom stereocenters. The predicted molar refractivity (Wildman–Crippen MR) is 59.4 cm³/mol. The Bertz CT molecular complexity index is 537. The van der Waals surface area contributed by atoms with Gasteiger partial charge in [0.05, 0.1) is 4.90 Å². The predicted octanol–water partition coefficient (Wildman–Crippen LogP) is 0.429. The molecule has 0 aromatic heterocycles. The Labute approximate surface area is 102 Å². The number of benzene rings is 1. The molecule has 0 spiro atoms. The van der Waals surface area contributed by atoms with Crippen LogP contribution in [0.3, 0.4) is 0 Å². The smallest absolute Gasteiger partial charge is 0.322 e. The maximum atomic E-state index is 11.4. The summed E-state index contributed by atoms with van der Waals surface area (Å²) in [4.78, 5) is 21.4. The molecule has 8 heteroatoms. The number of carboxylic acids is 1. The third kappa shape index (κ3) is 4.04. The fraction of sp³-hybridized carbons (Fsp3) is 0.111. The molecule has 0 radical (unpaired) electrons. The number of amides is 1. The van der Waals surface area contributed by atoms with Crippen LogP contribution in [0.2, 0.25) is 0 Å². The zero-order valence-electron chi connectivity index (χ0n) is 8.38. The standard InChI is InChI=1S/C9H8ClNO5S/c10-17(15,16)7-3-1-6(2-4-7)9(14)11-5-8(12)13/h1-4H,5H2,(H,11,14)(H,12,13). The molecule has 2 N–H and O–H groups in total. The minimum absolute atomic E-state index is 0.131. The SMILES string of the molecule is O=C(O)CNC(=O)c1ccc(S(=O)(=O)Cl)cc1. The quantitative estimate of drug-likeness (QED) is 0.777. The Morgan fingerprint density at radius 1 is 1.24 bits per heavy atom. The number of hydrogen-bond donors (Lipinski definition) is 2. The molecule has 0 atom stereocenters. The maximum Gasteiger partial charge on any atom is 0.322 e. The van der Waals surface area contributed by atoms with E-state index in [0.29, 0.717) is 0 Å². The average Bonchev–Trinajstić information content (AvgIpc) is 2.25. The molecule has 0 saturated heterocycles. The lowest BCUT2D eigenvalue weighted by molar-refractivity contribution is -0.135. The summed E-state index contributed by atoms with van der Waals surface area (Å²) in [5, 5.41) is 10.5. The Hall–Kier alpha value is -1.60. The first-order valence-corrected chi connectivity index (χ1v) is 6.66. The van der Waals surface area contributed by atoms with Crippen LogP contribution in [0.5, 0.6) is 0 Å². The summed E-state index contributed by atoms with van der Waals surface area (Å²) >= 11 is 0. The van der Waals surface area contributed by atoms with E-state index in [4.69, 9.17) is 15.8 Å². The number of nitrogens with one attached hydrogen (secondary N) is 1. The largest absolute Gasteiger partial charge is 0.480 e. The molecule has 0 bridgehead atoms. The van der Waals surface area contributed by atoms with Crippen LogP contribution in [0, 0.1) is 0 Å². The zero-order chi connectivity index (χ0) is 13.1. The highest BCUT2D eigenvalue weighted by Gasteiger charge is 2.11. The van der Waals surface area contributed by atoms with Crippen molar-refractivity contribution in [1.82, 2.24) is 5.32 Å². The van der Waals surface area contributed by atoms with Gasteiger partial charge in [0.1, 0.15) is 6.54 Å². The van der Waals surface area contributed by atoms with Crippen molar-refractivity contribution in [3.05, 3.63) is 29.8 Å². The number of carbonyl (C=O) groups excluding carboxylic acids is 1. The van der Waals surface area contributed by atoms with E-state index in [1.807, 2.05) is 0 Å². The van der Waals surface area contributed by atoms with Crippen LogP contribution in [0.1, 0.15) is 10.4 Å². The number of aliphatic carboxylic acids is 1. The van der Waals surface area contributed by atoms with E-state index in [1.54, 1.807) is 0 Å². The van der Waals surface area contributed by atoms with Gasteiger partial charge < -0.3 is 10.4 Å². The van der Waals surface area contributed by atoms with Gasteiger partial charge in [0.2, 0.25) is 0 Å². The van der Waals surface area contributed by atoms with E-state index < -0.39 is 27.5 Å². The van der Waals surface area contributed by atoms with E-state index >= 15 is 0 Å². The van der Waals surface area contributed by atoms with Crippen LogP contribution in [-0.2, 0) is 13.8 Å². The normalized spacial score (nSPS) is 10.9. The van der Waals surface area contributed by atoms with Crippen LogP contribution in [0.25, 0.3) is 0 Å². The molecule has 0 aliphatic rings. The average molecular weight is 278 g/mol. The number of rotatable bonds is 4. The van der Waals surface area contributed by atoms with Crippen molar-refractivity contribution in [3.63, 3.8) is 0 Å². The molecule has 1 amide bonds. The van der Waals surface area contributed by atoms with E-state index in [9.17, 15) is 18.0 Å². The van der Waals surface area contributed by atoms with Gasteiger partial charge in [0.25, 0.3) is 15.0 Å². The van der Waals surface area contributed by atoms with Crippen LogP contribution in [-0.4, -0.2) is 31.9 Å². The Morgan fingerprint density at radius 3 is 2.18 bits per heavy atom. The van der Waals surface area contributed by atoms with Gasteiger partial charge in [-0.2, -0.15) is 0 Å². The molecule has 0 saturated carbocycles.